The van der Waals surface area contributed by atoms with Crippen molar-refractivity contribution in [3.8, 4) is 11.5 Å². The fourth-order valence-corrected chi connectivity index (χ4v) is 2.41. The van der Waals surface area contributed by atoms with Crippen LogP contribution in [0.15, 0.2) is 17.6 Å². The van der Waals surface area contributed by atoms with Crippen LogP contribution in [0.4, 0.5) is 0 Å². The summed E-state index contributed by atoms with van der Waals surface area (Å²) in [6.45, 7) is 8.02. The fourth-order valence-electron chi connectivity index (χ4n) is 2.41. The summed E-state index contributed by atoms with van der Waals surface area (Å²) in [7, 11) is 0.818. The maximum absolute atomic E-state index is 11.3. The summed E-state index contributed by atoms with van der Waals surface area (Å²) in [5.41, 5.74) is 6.48. The summed E-state index contributed by atoms with van der Waals surface area (Å²) in [5.74, 6) is 0.179. The predicted octanol–water partition coefficient (Wildman–Crippen LogP) is 2.19. The molecule has 6 nitrogen and oxygen atoms in total. The summed E-state index contributed by atoms with van der Waals surface area (Å²) < 4.78 is 17.0. The molecule has 0 atom stereocenters. The molecule has 0 radical (unpaired) electrons. The fraction of sp³-hybridized carbons (Fsp3) is 0.471. The van der Waals surface area contributed by atoms with Gasteiger partial charge in [-0.3, -0.25) is 4.79 Å². The molecule has 7 heteroatoms. The maximum atomic E-state index is 11.3. The molecule has 0 amide bonds. The molecule has 1 aromatic rings. The van der Waals surface area contributed by atoms with Gasteiger partial charge in [0, 0.05) is 12.1 Å². The van der Waals surface area contributed by atoms with Crippen molar-refractivity contribution in [1.82, 2.24) is 0 Å². The van der Waals surface area contributed by atoms with Gasteiger partial charge in [0.05, 0.1) is 18.3 Å². The number of methoxy groups -OCH3 is 1. The van der Waals surface area contributed by atoms with E-state index in [-0.39, 0.29) is 18.0 Å². The highest BCUT2D eigenvalue weighted by Gasteiger charge is 2.52. The third kappa shape index (κ3) is 3.33. The first kappa shape index (κ1) is 18.5. The minimum absolute atomic E-state index is 0.0559. The van der Waals surface area contributed by atoms with Gasteiger partial charge in [0.1, 0.15) is 0 Å². The Morgan fingerprint density at radius 3 is 2.29 bits per heavy atom. The Kier molecular flexibility index (Phi) is 5.08. The van der Waals surface area contributed by atoms with Crippen molar-refractivity contribution in [2.75, 3.05) is 13.7 Å². The van der Waals surface area contributed by atoms with E-state index in [9.17, 15) is 9.90 Å². The van der Waals surface area contributed by atoms with Gasteiger partial charge in [0.2, 0.25) is 0 Å². The highest BCUT2D eigenvalue weighted by Crippen LogP contribution is 2.39. The largest absolute Gasteiger partial charge is 0.504 e. The zero-order valence-corrected chi connectivity index (χ0v) is 14.8. The number of benzene rings is 1. The third-order valence-electron chi connectivity index (χ3n) is 4.64. The van der Waals surface area contributed by atoms with E-state index in [0.29, 0.717) is 22.9 Å². The lowest BCUT2D eigenvalue weighted by atomic mass is 9.77. The topological polar surface area (TPSA) is 91.0 Å². The van der Waals surface area contributed by atoms with Gasteiger partial charge in [-0.15, -0.1) is 0 Å². The van der Waals surface area contributed by atoms with E-state index in [2.05, 4.69) is 0 Å². The highest BCUT2D eigenvalue weighted by molar-refractivity contribution is 6.56. The molecule has 24 heavy (non-hydrogen) atoms. The number of phenolic OH excluding ortho intramolecular Hbond substituents is 1. The van der Waals surface area contributed by atoms with Crippen molar-refractivity contribution in [2.45, 2.75) is 38.9 Å². The van der Waals surface area contributed by atoms with E-state index in [0.717, 1.165) is 0 Å². The van der Waals surface area contributed by atoms with Gasteiger partial charge in [-0.2, -0.15) is 0 Å². The van der Waals surface area contributed by atoms with Gasteiger partial charge < -0.3 is 24.9 Å². The number of ether oxygens (including phenoxy) is 1. The van der Waals surface area contributed by atoms with Crippen LogP contribution in [0.5, 0.6) is 11.5 Å². The van der Waals surface area contributed by atoms with Gasteiger partial charge in [-0.25, -0.2) is 0 Å². The standard InChI is InChI=1S/C17H24BNO5/c1-16(2)17(3,4)24-18(23-16)13(9-19)6-11-7-14(21)15(22-5)8-12(11)10-20/h6-8,10,21H,9,19H2,1-5H3. The number of phenols is 1. The van der Waals surface area contributed by atoms with E-state index < -0.39 is 18.3 Å². The molecule has 0 unspecified atom stereocenters. The summed E-state index contributed by atoms with van der Waals surface area (Å²) in [6, 6.07) is 2.94. The van der Waals surface area contributed by atoms with Crippen LogP contribution in [0.2, 0.25) is 0 Å². The van der Waals surface area contributed by atoms with Gasteiger partial charge in [-0.05, 0) is 50.9 Å². The van der Waals surface area contributed by atoms with E-state index >= 15 is 0 Å². The smallest absolute Gasteiger partial charge is 0.491 e. The molecule has 0 saturated carbocycles. The van der Waals surface area contributed by atoms with E-state index in [1.54, 1.807) is 6.08 Å². The molecule has 1 fully saturated rings. The quantitative estimate of drug-likeness (QED) is 0.634. The monoisotopic (exact) mass is 333 g/mol. The molecule has 1 aliphatic rings. The third-order valence-corrected chi connectivity index (χ3v) is 4.64. The molecule has 130 valence electrons. The van der Waals surface area contributed by atoms with Crippen LogP contribution in [0.3, 0.4) is 0 Å². The van der Waals surface area contributed by atoms with Gasteiger partial charge in [-0.1, -0.05) is 6.08 Å². The van der Waals surface area contributed by atoms with Crippen LogP contribution in [-0.4, -0.2) is 43.4 Å². The molecular formula is C17H24BNO5. The molecule has 0 aliphatic carbocycles. The number of carbonyl (C=O) groups excluding carboxylic acids is 1. The molecule has 1 saturated heterocycles. The summed E-state index contributed by atoms with van der Waals surface area (Å²) in [5, 5.41) is 9.96. The number of aromatic hydroxyl groups is 1. The molecule has 3 N–H and O–H groups in total. The number of hydrogen-bond acceptors (Lipinski definition) is 6. The van der Waals surface area contributed by atoms with E-state index in [4.69, 9.17) is 19.8 Å². The summed E-state index contributed by atoms with van der Waals surface area (Å²) in [4.78, 5) is 11.3. The number of carbonyl (C=O) groups is 1. The highest BCUT2D eigenvalue weighted by atomic mass is 16.7. The van der Waals surface area contributed by atoms with Crippen LogP contribution in [0, 0.1) is 0 Å². The summed E-state index contributed by atoms with van der Waals surface area (Å²) >= 11 is 0. The zero-order valence-electron chi connectivity index (χ0n) is 14.8. The van der Waals surface area contributed by atoms with Crippen LogP contribution in [0.1, 0.15) is 43.6 Å². The lowest BCUT2D eigenvalue weighted by Gasteiger charge is -2.32. The Labute approximate surface area is 142 Å². The molecular weight excluding hydrogens is 309 g/mol. The number of rotatable bonds is 5. The first-order chi connectivity index (χ1) is 11.1. The molecule has 1 heterocycles. The Morgan fingerprint density at radius 2 is 1.83 bits per heavy atom. The van der Waals surface area contributed by atoms with Crippen LogP contribution in [0.25, 0.3) is 6.08 Å². The second kappa shape index (κ2) is 6.59. The first-order valence-corrected chi connectivity index (χ1v) is 7.77. The SMILES string of the molecule is COc1cc(C=O)c(C=C(CN)B2OC(C)(C)C(C)(C)O2)cc1O. The summed E-state index contributed by atoms with van der Waals surface area (Å²) in [6.07, 6.45) is 2.41. The van der Waals surface area contributed by atoms with Crippen LogP contribution in [-0.2, 0) is 9.31 Å². The second-order valence-corrected chi connectivity index (χ2v) is 6.78. The Balaban J connectivity index is 2.42. The Bertz CT molecular complexity index is 653. The number of nitrogens with two attached hydrogens (primary N) is 1. The number of aldehydes is 1. The minimum atomic E-state index is -0.608. The average Bonchev–Trinajstić information content (AvgIpc) is 2.73. The second-order valence-electron chi connectivity index (χ2n) is 6.78. The molecule has 0 spiro atoms. The first-order valence-electron chi connectivity index (χ1n) is 7.77. The Hall–Kier alpha value is -1.83. The molecule has 0 aromatic heterocycles. The Morgan fingerprint density at radius 1 is 1.25 bits per heavy atom. The van der Waals surface area contributed by atoms with Crippen molar-refractivity contribution in [3.63, 3.8) is 0 Å². The predicted molar refractivity (Wildman–Crippen MR) is 93.2 cm³/mol. The lowest BCUT2D eigenvalue weighted by Crippen LogP contribution is -2.41. The van der Waals surface area contributed by atoms with Crippen molar-refractivity contribution in [1.29, 1.82) is 0 Å². The van der Waals surface area contributed by atoms with Crippen LogP contribution < -0.4 is 10.5 Å². The van der Waals surface area contributed by atoms with Crippen LogP contribution >= 0.6 is 0 Å². The van der Waals surface area contributed by atoms with Crippen molar-refractivity contribution in [3.05, 3.63) is 28.7 Å². The normalized spacial score (nSPS) is 19.4. The average molecular weight is 333 g/mol. The number of hydrogen-bond donors (Lipinski definition) is 2. The maximum Gasteiger partial charge on any atom is 0.491 e. The molecule has 1 aliphatic heterocycles. The van der Waals surface area contributed by atoms with Gasteiger partial charge in [0.15, 0.2) is 17.8 Å². The van der Waals surface area contributed by atoms with E-state index in [1.807, 2.05) is 27.7 Å². The molecule has 0 bridgehead atoms. The lowest BCUT2D eigenvalue weighted by molar-refractivity contribution is 0.00578. The minimum Gasteiger partial charge on any atom is -0.504 e. The molecule has 1 aromatic carbocycles. The zero-order chi connectivity index (χ0) is 18.1. The van der Waals surface area contributed by atoms with Crippen molar-refractivity contribution in [2.24, 2.45) is 5.73 Å². The van der Waals surface area contributed by atoms with Crippen molar-refractivity contribution < 1.29 is 23.9 Å². The molecule has 2 rings (SSSR count). The van der Waals surface area contributed by atoms with E-state index in [1.165, 1.54) is 19.2 Å². The van der Waals surface area contributed by atoms with Gasteiger partial charge in [0.25, 0.3) is 0 Å². The van der Waals surface area contributed by atoms with Crippen molar-refractivity contribution >= 4 is 19.5 Å². The van der Waals surface area contributed by atoms with Gasteiger partial charge >= 0.3 is 7.12 Å².